The number of amides is 2. The first-order valence-electron chi connectivity index (χ1n) is 9.56. The highest BCUT2D eigenvalue weighted by Crippen LogP contribution is 2.24. The molecule has 0 aromatic heterocycles. The Labute approximate surface area is 175 Å². The van der Waals surface area contributed by atoms with Gasteiger partial charge in [0.05, 0.1) is 23.8 Å². The Morgan fingerprint density at radius 2 is 1.59 bits per heavy atom. The number of hydrogen-bond acceptors (Lipinski definition) is 2. The summed E-state index contributed by atoms with van der Waals surface area (Å²) >= 11 is 6.06. The molecule has 3 aromatic carbocycles. The van der Waals surface area contributed by atoms with Crippen molar-refractivity contribution in [2.75, 3.05) is 25.5 Å². The second-order valence-electron chi connectivity index (χ2n) is 7.20. The van der Waals surface area contributed by atoms with Crippen molar-refractivity contribution < 1.29 is 14.5 Å². The van der Waals surface area contributed by atoms with Crippen LogP contribution in [0.1, 0.15) is 18.5 Å². The van der Waals surface area contributed by atoms with Gasteiger partial charge < -0.3 is 15.5 Å². The van der Waals surface area contributed by atoms with Crippen LogP contribution in [0.2, 0.25) is 5.02 Å². The zero-order chi connectivity index (χ0) is 20.8. The molecule has 0 bridgehead atoms. The van der Waals surface area contributed by atoms with Gasteiger partial charge in [-0.1, -0.05) is 66.2 Å². The van der Waals surface area contributed by atoms with E-state index in [1.165, 1.54) is 0 Å². The molecule has 2 amide bonds. The number of carbonyl (C=O) groups is 2. The number of nitrogens with one attached hydrogen (secondary N) is 3. The molecule has 0 aliphatic rings. The number of likely N-dealkylation sites (N-methyl/N-ethyl adjacent to an activating group) is 1. The minimum atomic E-state index is -0.189. The van der Waals surface area contributed by atoms with Gasteiger partial charge >= 0.3 is 0 Å². The van der Waals surface area contributed by atoms with Gasteiger partial charge in [-0.25, -0.2) is 0 Å². The Hall–Kier alpha value is -2.89. The van der Waals surface area contributed by atoms with E-state index in [9.17, 15) is 9.59 Å². The van der Waals surface area contributed by atoms with Crippen LogP contribution in [0, 0.1) is 0 Å². The first kappa shape index (κ1) is 20.8. The van der Waals surface area contributed by atoms with Crippen molar-refractivity contribution in [3.8, 4) is 0 Å². The Morgan fingerprint density at radius 1 is 0.931 bits per heavy atom. The number of para-hydroxylation sites is 1. The number of carbonyl (C=O) groups excluding carboxylic acids is 2. The second kappa shape index (κ2) is 9.54. The van der Waals surface area contributed by atoms with E-state index < -0.39 is 0 Å². The topological polar surface area (TPSA) is 62.6 Å². The minimum absolute atomic E-state index is 0.103. The molecule has 2 atom stereocenters. The molecule has 0 saturated heterocycles. The summed E-state index contributed by atoms with van der Waals surface area (Å²) in [5, 5.41) is 8.57. The molecular formula is C23H25ClN3O2+. The molecule has 3 rings (SSSR count). The molecule has 0 saturated carbocycles. The number of quaternary nitrogens is 1. The van der Waals surface area contributed by atoms with Crippen LogP contribution in [0.5, 0.6) is 0 Å². The van der Waals surface area contributed by atoms with Crippen molar-refractivity contribution in [1.29, 1.82) is 0 Å². The lowest BCUT2D eigenvalue weighted by molar-refractivity contribution is -0.862. The van der Waals surface area contributed by atoms with Gasteiger partial charge in [-0.2, -0.15) is 0 Å². The van der Waals surface area contributed by atoms with Gasteiger partial charge in [0.1, 0.15) is 0 Å². The van der Waals surface area contributed by atoms with E-state index >= 15 is 0 Å². The van der Waals surface area contributed by atoms with Gasteiger partial charge in [-0.15, -0.1) is 0 Å². The number of rotatable bonds is 7. The number of benzene rings is 3. The fourth-order valence-electron chi connectivity index (χ4n) is 3.37. The fourth-order valence-corrected chi connectivity index (χ4v) is 3.55. The maximum atomic E-state index is 12.5. The van der Waals surface area contributed by atoms with Crippen molar-refractivity contribution in [1.82, 2.24) is 5.32 Å². The Balaban J connectivity index is 1.54. The molecule has 0 spiro atoms. The van der Waals surface area contributed by atoms with Crippen LogP contribution < -0.4 is 15.5 Å². The quantitative estimate of drug-likeness (QED) is 0.561. The average Bonchev–Trinajstić information content (AvgIpc) is 2.68. The summed E-state index contributed by atoms with van der Waals surface area (Å²) < 4.78 is 0. The third-order valence-corrected chi connectivity index (χ3v) is 5.07. The SMILES string of the molecule is C[C@H](NC(=O)C[NH+](C)CC(=O)Nc1ccccc1Cl)c1cccc2ccccc12. The van der Waals surface area contributed by atoms with Crippen LogP contribution in [-0.4, -0.2) is 32.0 Å². The maximum absolute atomic E-state index is 12.5. The van der Waals surface area contributed by atoms with E-state index in [0.29, 0.717) is 10.7 Å². The molecule has 0 aliphatic heterocycles. The molecule has 29 heavy (non-hydrogen) atoms. The van der Waals surface area contributed by atoms with Gasteiger partial charge in [0.15, 0.2) is 13.1 Å². The van der Waals surface area contributed by atoms with Gasteiger partial charge in [0.25, 0.3) is 11.8 Å². The summed E-state index contributed by atoms with van der Waals surface area (Å²) in [6.45, 7) is 2.34. The predicted molar refractivity (Wildman–Crippen MR) is 117 cm³/mol. The highest BCUT2D eigenvalue weighted by molar-refractivity contribution is 6.33. The van der Waals surface area contributed by atoms with Crippen molar-refractivity contribution in [3.05, 3.63) is 77.3 Å². The number of hydrogen-bond donors (Lipinski definition) is 3. The van der Waals surface area contributed by atoms with Gasteiger partial charge in [0.2, 0.25) is 0 Å². The summed E-state index contributed by atoms with van der Waals surface area (Å²) in [4.78, 5) is 25.5. The second-order valence-corrected chi connectivity index (χ2v) is 7.60. The van der Waals surface area contributed by atoms with Crippen molar-refractivity contribution in [2.45, 2.75) is 13.0 Å². The lowest BCUT2D eigenvalue weighted by Crippen LogP contribution is -3.11. The molecule has 0 fully saturated rings. The van der Waals surface area contributed by atoms with E-state index in [0.717, 1.165) is 21.2 Å². The molecule has 6 heteroatoms. The number of anilines is 1. The minimum Gasteiger partial charge on any atom is -0.345 e. The van der Waals surface area contributed by atoms with Crippen molar-refractivity contribution in [3.63, 3.8) is 0 Å². The van der Waals surface area contributed by atoms with E-state index in [4.69, 9.17) is 11.6 Å². The molecule has 1 unspecified atom stereocenters. The normalized spacial score (nSPS) is 12.9. The van der Waals surface area contributed by atoms with Crippen LogP contribution >= 0.6 is 11.6 Å². The summed E-state index contributed by atoms with van der Waals surface area (Å²) in [7, 11) is 1.81. The average molecular weight is 411 g/mol. The summed E-state index contributed by atoms with van der Waals surface area (Å²) in [6, 6.07) is 21.1. The third kappa shape index (κ3) is 5.56. The molecule has 5 nitrogen and oxygen atoms in total. The smallest absolute Gasteiger partial charge is 0.279 e. The summed E-state index contributed by atoms with van der Waals surface area (Å²) in [6.07, 6.45) is 0. The van der Waals surface area contributed by atoms with E-state index in [1.54, 1.807) is 24.3 Å². The highest BCUT2D eigenvalue weighted by Gasteiger charge is 2.18. The van der Waals surface area contributed by atoms with E-state index in [-0.39, 0.29) is 30.9 Å². The molecule has 3 aromatic rings. The number of fused-ring (bicyclic) bond motifs is 1. The van der Waals surface area contributed by atoms with Crippen LogP contribution in [-0.2, 0) is 9.59 Å². The molecule has 0 radical (unpaired) electrons. The molecule has 0 aliphatic carbocycles. The van der Waals surface area contributed by atoms with Gasteiger partial charge in [0, 0.05) is 0 Å². The van der Waals surface area contributed by atoms with Gasteiger partial charge in [-0.3, -0.25) is 9.59 Å². The first-order chi connectivity index (χ1) is 13.9. The predicted octanol–water partition coefficient (Wildman–Crippen LogP) is 2.82. The van der Waals surface area contributed by atoms with Crippen molar-refractivity contribution >= 4 is 39.9 Å². The molecule has 150 valence electrons. The maximum Gasteiger partial charge on any atom is 0.279 e. The Morgan fingerprint density at radius 3 is 2.38 bits per heavy atom. The van der Waals surface area contributed by atoms with E-state index in [1.807, 2.05) is 38.2 Å². The lowest BCUT2D eigenvalue weighted by atomic mass is 10.00. The molecule has 3 N–H and O–H groups in total. The summed E-state index contributed by atoms with van der Waals surface area (Å²) in [5.41, 5.74) is 1.64. The molecular weight excluding hydrogens is 386 g/mol. The van der Waals surface area contributed by atoms with Crippen LogP contribution in [0.25, 0.3) is 10.8 Å². The monoisotopic (exact) mass is 410 g/mol. The lowest BCUT2D eigenvalue weighted by Gasteiger charge is -2.18. The standard InChI is InChI=1S/C23H24ClN3O2/c1-16(18-11-7-9-17-8-3-4-10-19(17)18)25-22(28)14-27(2)15-23(29)26-21-13-6-5-12-20(21)24/h3-13,16H,14-15H2,1-2H3,(H,25,28)(H,26,29)/p+1/t16-/m0/s1. The van der Waals surface area contributed by atoms with Crippen LogP contribution in [0.15, 0.2) is 66.7 Å². The summed E-state index contributed by atoms with van der Waals surface area (Å²) in [5.74, 6) is -0.293. The Kier molecular flexibility index (Phi) is 6.86. The van der Waals surface area contributed by atoms with Gasteiger partial charge in [-0.05, 0) is 35.4 Å². The fraction of sp³-hybridized carbons (Fsp3) is 0.217. The zero-order valence-corrected chi connectivity index (χ0v) is 17.3. The third-order valence-electron chi connectivity index (χ3n) is 4.74. The molecule has 0 heterocycles. The largest absolute Gasteiger partial charge is 0.345 e. The van der Waals surface area contributed by atoms with E-state index in [2.05, 4.69) is 28.8 Å². The van der Waals surface area contributed by atoms with Crippen LogP contribution in [0.3, 0.4) is 0 Å². The number of halogens is 1. The zero-order valence-electron chi connectivity index (χ0n) is 16.5. The Bertz CT molecular complexity index is 1020. The van der Waals surface area contributed by atoms with Crippen LogP contribution in [0.4, 0.5) is 5.69 Å². The van der Waals surface area contributed by atoms with Crippen molar-refractivity contribution in [2.24, 2.45) is 0 Å². The first-order valence-corrected chi connectivity index (χ1v) is 9.94. The highest BCUT2D eigenvalue weighted by atomic mass is 35.5.